The van der Waals surface area contributed by atoms with Gasteiger partial charge in [-0.05, 0) is 19.8 Å². The lowest BCUT2D eigenvalue weighted by Crippen LogP contribution is -1.84. The van der Waals surface area contributed by atoms with Crippen LogP contribution in [0.3, 0.4) is 0 Å². The van der Waals surface area contributed by atoms with Gasteiger partial charge in [0.15, 0.2) is 5.13 Å². The van der Waals surface area contributed by atoms with Crippen molar-refractivity contribution in [3.05, 3.63) is 17.5 Å². The van der Waals surface area contributed by atoms with Crippen molar-refractivity contribution in [2.75, 3.05) is 5.73 Å². The van der Waals surface area contributed by atoms with Gasteiger partial charge in [0.2, 0.25) is 0 Å². The van der Waals surface area contributed by atoms with Crippen molar-refractivity contribution in [2.45, 2.75) is 18.8 Å². The maximum absolute atomic E-state index is 5.51. The van der Waals surface area contributed by atoms with E-state index in [9.17, 15) is 0 Å². The minimum atomic E-state index is 0.659. The number of thiazole rings is 1. The fraction of sp³-hybridized carbons (Fsp3) is 0.429. The molecular weight excluding hydrogens is 144 g/mol. The molecule has 3 heteroatoms. The first-order valence-corrected chi connectivity index (χ1v) is 4.17. The standard InChI is InChI=1S/C7H9N2S/c1-4-6(5-2-3-5)9-7(8)10-4/h5H,1-3H2,(H2,8,9). The Labute approximate surface area is 64.1 Å². The van der Waals surface area contributed by atoms with Crippen LogP contribution in [0.25, 0.3) is 0 Å². The van der Waals surface area contributed by atoms with Gasteiger partial charge in [-0.25, -0.2) is 4.98 Å². The molecule has 0 bridgehead atoms. The number of rotatable bonds is 1. The highest BCUT2D eigenvalue weighted by Crippen LogP contribution is 2.42. The summed E-state index contributed by atoms with van der Waals surface area (Å²) in [4.78, 5) is 5.26. The van der Waals surface area contributed by atoms with Gasteiger partial charge < -0.3 is 5.73 Å². The zero-order valence-corrected chi connectivity index (χ0v) is 6.45. The van der Waals surface area contributed by atoms with Crippen molar-refractivity contribution in [1.29, 1.82) is 0 Å². The zero-order valence-electron chi connectivity index (χ0n) is 5.63. The van der Waals surface area contributed by atoms with Crippen LogP contribution >= 0.6 is 11.3 Å². The number of hydrogen-bond donors (Lipinski definition) is 1. The second kappa shape index (κ2) is 1.95. The molecule has 0 aromatic carbocycles. The highest BCUT2D eigenvalue weighted by atomic mass is 32.1. The molecule has 1 heterocycles. The molecule has 0 unspecified atom stereocenters. The Bertz CT molecular complexity index is 250. The quantitative estimate of drug-likeness (QED) is 0.668. The summed E-state index contributed by atoms with van der Waals surface area (Å²) in [5, 5.41) is 0.659. The van der Waals surface area contributed by atoms with Gasteiger partial charge in [-0.1, -0.05) is 0 Å². The van der Waals surface area contributed by atoms with Crippen molar-refractivity contribution < 1.29 is 0 Å². The average Bonchev–Trinajstić information content (AvgIpc) is 2.61. The minimum Gasteiger partial charge on any atom is -0.375 e. The molecule has 0 amide bonds. The summed E-state index contributed by atoms with van der Waals surface area (Å²) >= 11 is 1.49. The first-order valence-electron chi connectivity index (χ1n) is 3.35. The first-order chi connectivity index (χ1) is 4.77. The van der Waals surface area contributed by atoms with Crippen LogP contribution < -0.4 is 5.73 Å². The number of nitrogen functional groups attached to an aromatic ring is 1. The minimum absolute atomic E-state index is 0.659. The predicted octanol–water partition coefficient (Wildman–Crippen LogP) is 1.78. The van der Waals surface area contributed by atoms with Gasteiger partial charge in [0, 0.05) is 10.8 Å². The van der Waals surface area contributed by atoms with Gasteiger partial charge in [0.05, 0.1) is 5.69 Å². The van der Waals surface area contributed by atoms with E-state index in [0.29, 0.717) is 11.0 Å². The third-order valence-corrected chi connectivity index (χ3v) is 2.46. The summed E-state index contributed by atoms with van der Waals surface area (Å²) in [6.45, 7) is 3.88. The zero-order chi connectivity index (χ0) is 7.14. The van der Waals surface area contributed by atoms with Crippen molar-refractivity contribution in [1.82, 2.24) is 4.98 Å². The molecule has 2 nitrogen and oxygen atoms in total. The fourth-order valence-corrected chi connectivity index (χ4v) is 1.77. The molecule has 0 spiro atoms. The molecule has 1 aromatic heterocycles. The normalized spacial score (nSPS) is 17.7. The van der Waals surface area contributed by atoms with Gasteiger partial charge in [0.1, 0.15) is 0 Å². The number of nitrogens with two attached hydrogens (primary N) is 1. The van der Waals surface area contributed by atoms with Gasteiger partial charge in [-0.3, -0.25) is 0 Å². The van der Waals surface area contributed by atoms with Crippen LogP contribution in [0.4, 0.5) is 5.13 Å². The summed E-state index contributed by atoms with van der Waals surface area (Å²) in [6.07, 6.45) is 2.54. The van der Waals surface area contributed by atoms with Crippen LogP contribution in [-0.4, -0.2) is 4.98 Å². The van der Waals surface area contributed by atoms with Gasteiger partial charge in [-0.2, -0.15) is 0 Å². The Morgan fingerprint density at radius 1 is 1.60 bits per heavy atom. The second-order valence-electron chi connectivity index (χ2n) is 2.63. The van der Waals surface area contributed by atoms with Crippen molar-refractivity contribution in [3.8, 4) is 0 Å². The van der Waals surface area contributed by atoms with E-state index in [1.807, 2.05) is 0 Å². The summed E-state index contributed by atoms with van der Waals surface area (Å²) < 4.78 is 0. The van der Waals surface area contributed by atoms with Gasteiger partial charge in [0.25, 0.3) is 0 Å². The van der Waals surface area contributed by atoms with E-state index in [1.165, 1.54) is 24.2 Å². The SMILES string of the molecule is [CH2]c1sc(N)nc1C1CC1. The van der Waals surface area contributed by atoms with Crippen LogP contribution in [0.2, 0.25) is 0 Å². The molecule has 0 aliphatic heterocycles. The van der Waals surface area contributed by atoms with Crippen LogP contribution in [0.5, 0.6) is 0 Å². The average molecular weight is 153 g/mol. The molecule has 0 saturated heterocycles. The number of hydrogen-bond acceptors (Lipinski definition) is 3. The maximum Gasteiger partial charge on any atom is 0.180 e. The Morgan fingerprint density at radius 3 is 2.70 bits per heavy atom. The van der Waals surface area contributed by atoms with E-state index >= 15 is 0 Å². The van der Waals surface area contributed by atoms with Gasteiger partial charge >= 0.3 is 0 Å². The molecule has 1 aliphatic rings. The fourth-order valence-electron chi connectivity index (χ4n) is 1.06. The molecule has 1 radical (unpaired) electrons. The lowest BCUT2D eigenvalue weighted by Gasteiger charge is -1.88. The molecular formula is C7H9N2S. The molecule has 2 rings (SSSR count). The smallest absolute Gasteiger partial charge is 0.180 e. The highest BCUT2D eigenvalue weighted by molar-refractivity contribution is 7.15. The second-order valence-corrected chi connectivity index (χ2v) is 3.75. The van der Waals surface area contributed by atoms with E-state index < -0.39 is 0 Å². The lowest BCUT2D eigenvalue weighted by molar-refractivity contribution is 1.05. The number of anilines is 1. The topological polar surface area (TPSA) is 38.9 Å². The number of aromatic nitrogens is 1. The van der Waals surface area contributed by atoms with Crippen LogP contribution in [0.1, 0.15) is 29.3 Å². The third kappa shape index (κ3) is 0.904. The monoisotopic (exact) mass is 153 g/mol. The molecule has 0 atom stereocenters. The van der Waals surface area contributed by atoms with E-state index in [4.69, 9.17) is 5.73 Å². The largest absolute Gasteiger partial charge is 0.375 e. The Morgan fingerprint density at radius 2 is 2.30 bits per heavy atom. The first kappa shape index (κ1) is 6.16. The predicted molar refractivity (Wildman–Crippen MR) is 43.0 cm³/mol. The van der Waals surface area contributed by atoms with Gasteiger partial charge in [-0.15, -0.1) is 11.3 Å². The summed E-state index contributed by atoms with van der Waals surface area (Å²) in [6, 6.07) is 0. The summed E-state index contributed by atoms with van der Waals surface area (Å²) in [7, 11) is 0. The third-order valence-electron chi connectivity index (χ3n) is 1.71. The molecule has 10 heavy (non-hydrogen) atoms. The lowest BCUT2D eigenvalue weighted by atomic mass is 10.3. The van der Waals surface area contributed by atoms with Crippen LogP contribution in [0.15, 0.2) is 0 Å². The van der Waals surface area contributed by atoms with E-state index in [1.54, 1.807) is 0 Å². The Kier molecular flexibility index (Phi) is 1.20. The number of nitrogens with zero attached hydrogens (tertiary/aromatic N) is 1. The summed E-state index contributed by atoms with van der Waals surface area (Å²) in [5.41, 5.74) is 6.65. The summed E-state index contributed by atoms with van der Waals surface area (Å²) in [5.74, 6) is 0.682. The van der Waals surface area contributed by atoms with Crippen LogP contribution in [0, 0.1) is 6.92 Å². The highest BCUT2D eigenvalue weighted by Gasteiger charge is 2.27. The molecule has 1 aromatic rings. The van der Waals surface area contributed by atoms with Crippen molar-refractivity contribution in [3.63, 3.8) is 0 Å². The Balaban J connectivity index is 2.38. The van der Waals surface area contributed by atoms with E-state index in [0.717, 1.165) is 10.6 Å². The van der Waals surface area contributed by atoms with Crippen molar-refractivity contribution in [2.24, 2.45) is 0 Å². The molecule has 53 valence electrons. The molecule has 1 fully saturated rings. The van der Waals surface area contributed by atoms with Crippen molar-refractivity contribution >= 4 is 16.5 Å². The van der Waals surface area contributed by atoms with E-state index in [2.05, 4.69) is 11.9 Å². The molecule has 2 N–H and O–H groups in total. The Hall–Kier alpha value is -0.570. The molecule has 1 aliphatic carbocycles. The molecule has 1 saturated carbocycles. The maximum atomic E-state index is 5.51. The van der Waals surface area contributed by atoms with E-state index in [-0.39, 0.29) is 0 Å². The van der Waals surface area contributed by atoms with Crippen LogP contribution in [-0.2, 0) is 0 Å².